The van der Waals surface area contributed by atoms with Crippen molar-refractivity contribution in [2.45, 2.75) is 11.7 Å². The minimum absolute atomic E-state index is 0.00924. The summed E-state index contributed by atoms with van der Waals surface area (Å²) in [6.45, 7) is 0. The number of anilines is 1. The Morgan fingerprint density at radius 1 is 1.14 bits per heavy atom. The zero-order valence-electron chi connectivity index (χ0n) is 14.5. The predicted octanol–water partition coefficient (Wildman–Crippen LogP) is 1.00. The summed E-state index contributed by atoms with van der Waals surface area (Å²) in [4.78, 5) is 35.2. The standard InChI is InChI=1S/C19H16N4O4S/c24-16(21-13-7-2-1-3-8-13)10-15-17(25)22-19(28-15)23-20-11-12-6-4-5-9-14(12)18(26)27/h1-9,11,15H,10H2,(H,21,24)(H,26,27)(H,22,23,25)/p-1/b20-11-/t15-/m0/s1. The van der Waals surface area contributed by atoms with Gasteiger partial charge in [-0.2, -0.15) is 5.10 Å². The van der Waals surface area contributed by atoms with Crippen LogP contribution in [0.5, 0.6) is 0 Å². The molecule has 142 valence electrons. The Bertz CT molecular complexity index is 959. The highest BCUT2D eigenvalue weighted by Crippen LogP contribution is 2.23. The Balaban J connectivity index is 1.59. The summed E-state index contributed by atoms with van der Waals surface area (Å²) in [5, 5.41) is 23.6. The Hall–Kier alpha value is -3.46. The summed E-state index contributed by atoms with van der Waals surface area (Å²) in [6, 6.07) is 15.1. The van der Waals surface area contributed by atoms with Crippen LogP contribution in [0.1, 0.15) is 22.3 Å². The maximum Gasteiger partial charge on any atom is 0.240 e. The second-order valence-electron chi connectivity index (χ2n) is 5.74. The van der Waals surface area contributed by atoms with Crippen LogP contribution in [0.15, 0.2) is 64.8 Å². The third-order valence-electron chi connectivity index (χ3n) is 3.73. The van der Waals surface area contributed by atoms with Crippen LogP contribution in [0.3, 0.4) is 0 Å². The molecule has 0 spiro atoms. The van der Waals surface area contributed by atoms with E-state index >= 15 is 0 Å². The number of carboxylic acids is 1. The van der Waals surface area contributed by atoms with E-state index < -0.39 is 11.2 Å². The molecule has 3 rings (SSSR count). The Kier molecular flexibility index (Phi) is 6.18. The van der Waals surface area contributed by atoms with Crippen molar-refractivity contribution in [2.24, 2.45) is 10.2 Å². The number of amidine groups is 1. The fraction of sp³-hybridized carbons (Fsp3) is 0.105. The summed E-state index contributed by atoms with van der Waals surface area (Å²) < 4.78 is 0. The van der Waals surface area contributed by atoms with Gasteiger partial charge >= 0.3 is 0 Å². The molecule has 28 heavy (non-hydrogen) atoms. The molecule has 0 saturated carbocycles. The molecule has 8 nitrogen and oxygen atoms in total. The number of aromatic carboxylic acids is 1. The molecule has 1 atom stereocenters. The molecule has 2 aromatic carbocycles. The highest BCUT2D eigenvalue weighted by atomic mass is 32.2. The van der Waals surface area contributed by atoms with E-state index in [1.807, 2.05) is 6.07 Å². The second kappa shape index (κ2) is 8.96. The van der Waals surface area contributed by atoms with Gasteiger partial charge in [0, 0.05) is 23.2 Å². The molecule has 0 aliphatic carbocycles. The minimum Gasteiger partial charge on any atom is -0.545 e. The number of carbonyl (C=O) groups is 3. The van der Waals surface area contributed by atoms with Gasteiger partial charge in [-0.25, -0.2) is 0 Å². The SMILES string of the molecule is O=C(C[C@@H]1S/C(=N\N=C/c2ccccc2C(=O)[O-])NC1=O)Nc1ccccc1. The van der Waals surface area contributed by atoms with E-state index in [0.717, 1.165) is 11.8 Å². The maximum atomic E-state index is 12.1. The maximum absolute atomic E-state index is 12.1. The fourth-order valence-corrected chi connectivity index (χ4v) is 3.35. The number of benzene rings is 2. The number of carboxylic acid groups (broad SMARTS) is 1. The highest BCUT2D eigenvalue weighted by molar-refractivity contribution is 8.15. The lowest BCUT2D eigenvalue weighted by atomic mass is 10.1. The molecular weight excluding hydrogens is 380 g/mol. The van der Waals surface area contributed by atoms with Crippen molar-refractivity contribution in [3.63, 3.8) is 0 Å². The quantitative estimate of drug-likeness (QED) is 0.558. The monoisotopic (exact) mass is 395 g/mol. The van der Waals surface area contributed by atoms with Crippen molar-refractivity contribution in [3.8, 4) is 0 Å². The van der Waals surface area contributed by atoms with E-state index in [2.05, 4.69) is 20.8 Å². The summed E-state index contributed by atoms with van der Waals surface area (Å²) in [6.07, 6.45) is 1.25. The number of amides is 2. The number of nitrogens with one attached hydrogen (secondary N) is 2. The molecule has 0 radical (unpaired) electrons. The van der Waals surface area contributed by atoms with Gasteiger partial charge in [0.2, 0.25) is 11.8 Å². The molecule has 2 N–H and O–H groups in total. The molecule has 0 unspecified atom stereocenters. The lowest BCUT2D eigenvalue weighted by Gasteiger charge is -2.06. The van der Waals surface area contributed by atoms with Crippen molar-refractivity contribution in [3.05, 3.63) is 65.7 Å². The van der Waals surface area contributed by atoms with Crippen molar-refractivity contribution in [2.75, 3.05) is 5.32 Å². The average molecular weight is 395 g/mol. The molecule has 0 bridgehead atoms. The van der Waals surface area contributed by atoms with Crippen molar-refractivity contribution >= 4 is 46.6 Å². The number of nitrogens with zero attached hydrogens (tertiary/aromatic N) is 2. The van der Waals surface area contributed by atoms with E-state index in [-0.39, 0.29) is 29.0 Å². The van der Waals surface area contributed by atoms with E-state index in [4.69, 9.17) is 0 Å². The van der Waals surface area contributed by atoms with E-state index in [9.17, 15) is 19.5 Å². The first-order valence-electron chi connectivity index (χ1n) is 8.27. The van der Waals surface area contributed by atoms with Crippen molar-refractivity contribution < 1.29 is 19.5 Å². The summed E-state index contributed by atoms with van der Waals surface area (Å²) in [5.41, 5.74) is 0.978. The Labute approximate surface area is 164 Å². The molecule has 0 aromatic heterocycles. The Morgan fingerprint density at radius 3 is 2.61 bits per heavy atom. The van der Waals surface area contributed by atoms with Gasteiger partial charge in [-0.3, -0.25) is 9.59 Å². The van der Waals surface area contributed by atoms with Crippen LogP contribution in [0.4, 0.5) is 5.69 Å². The van der Waals surface area contributed by atoms with Gasteiger partial charge < -0.3 is 20.5 Å². The van der Waals surface area contributed by atoms with Crippen LogP contribution in [0, 0.1) is 0 Å². The average Bonchev–Trinajstić information content (AvgIpc) is 3.02. The van der Waals surface area contributed by atoms with Crippen LogP contribution in [0.25, 0.3) is 0 Å². The number of hydrogen-bond donors (Lipinski definition) is 2. The highest BCUT2D eigenvalue weighted by Gasteiger charge is 2.32. The third kappa shape index (κ3) is 5.04. The lowest BCUT2D eigenvalue weighted by molar-refractivity contribution is -0.255. The van der Waals surface area contributed by atoms with Gasteiger partial charge in [-0.05, 0) is 12.1 Å². The molecule has 2 amide bonds. The molecule has 1 aliphatic heterocycles. The minimum atomic E-state index is -1.32. The van der Waals surface area contributed by atoms with Crippen LogP contribution in [-0.4, -0.2) is 34.4 Å². The first-order valence-corrected chi connectivity index (χ1v) is 9.14. The summed E-state index contributed by atoms with van der Waals surface area (Å²) >= 11 is 1.09. The molecule has 9 heteroatoms. The number of para-hydroxylation sites is 1. The van der Waals surface area contributed by atoms with E-state index in [1.54, 1.807) is 42.5 Å². The van der Waals surface area contributed by atoms with Gasteiger partial charge in [0.15, 0.2) is 5.17 Å². The molecule has 1 saturated heterocycles. The Morgan fingerprint density at radius 2 is 1.86 bits per heavy atom. The number of thioether (sulfide) groups is 1. The molecule has 1 heterocycles. The van der Waals surface area contributed by atoms with Crippen LogP contribution in [-0.2, 0) is 9.59 Å². The number of hydrogen-bond acceptors (Lipinski definition) is 7. The zero-order valence-corrected chi connectivity index (χ0v) is 15.3. The normalized spacial score (nSPS) is 17.6. The molecule has 1 aliphatic rings. The molecule has 1 fully saturated rings. The first kappa shape index (κ1) is 19.3. The van der Waals surface area contributed by atoms with Crippen molar-refractivity contribution in [1.82, 2.24) is 5.32 Å². The number of carbonyl (C=O) groups excluding carboxylic acids is 3. The summed E-state index contributed by atoms with van der Waals surface area (Å²) in [7, 11) is 0. The molecular formula is C19H15N4O4S-. The van der Waals surface area contributed by atoms with E-state index in [0.29, 0.717) is 11.3 Å². The second-order valence-corrected chi connectivity index (χ2v) is 6.93. The van der Waals surface area contributed by atoms with E-state index in [1.165, 1.54) is 12.3 Å². The van der Waals surface area contributed by atoms with Gasteiger partial charge in [-0.15, -0.1) is 5.10 Å². The third-order valence-corrected chi connectivity index (χ3v) is 4.80. The van der Waals surface area contributed by atoms with Gasteiger partial charge in [0.25, 0.3) is 0 Å². The molecule has 2 aromatic rings. The smallest absolute Gasteiger partial charge is 0.240 e. The number of rotatable bonds is 6. The van der Waals surface area contributed by atoms with Crippen LogP contribution in [0.2, 0.25) is 0 Å². The fourth-order valence-electron chi connectivity index (χ4n) is 2.43. The van der Waals surface area contributed by atoms with Gasteiger partial charge in [0.05, 0.1) is 12.2 Å². The first-order chi connectivity index (χ1) is 13.5. The topological polar surface area (TPSA) is 123 Å². The summed E-state index contributed by atoms with van der Waals surface area (Å²) in [5.74, 6) is -1.94. The van der Waals surface area contributed by atoms with Crippen LogP contribution >= 0.6 is 11.8 Å². The zero-order chi connectivity index (χ0) is 19.9. The largest absolute Gasteiger partial charge is 0.545 e. The van der Waals surface area contributed by atoms with Gasteiger partial charge in [0.1, 0.15) is 5.25 Å². The van der Waals surface area contributed by atoms with Crippen LogP contribution < -0.4 is 15.7 Å². The predicted molar refractivity (Wildman–Crippen MR) is 105 cm³/mol. The van der Waals surface area contributed by atoms with Crippen molar-refractivity contribution in [1.29, 1.82) is 0 Å². The van der Waals surface area contributed by atoms with Gasteiger partial charge in [-0.1, -0.05) is 54.2 Å². The lowest BCUT2D eigenvalue weighted by Crippen LogP contribution is -2.28.